The van der Waals surface area contributed by atoms with Crippen LogP contribution in [0.4, 0.5) is 16.2 Å². The monoisotopic (exact) mass is 337 g/mol. The molecule has 0 fully saturated rings. The van der Waals surface area contributed by atoms with Gasteiger partial charge in [0, 0.05) is 37.0 Å². The Morgan fingerprint density at radius 2 is 1.96 bits per heavy atom. The van der Waals surface area contributed by atoms with Gasteiger partial charge in [0.2, 0.25) is 5.75 Å². The number of nitrogens with one attached hydrogen (secondary N) is 1. The highest BCUT2D eigenvalue weighted by Gasteiger charge is 2.23. The van der Waals surface area contributed by atoms with Gasteiger partial charge in [-0.3, -0.25) is 10.1 Å². The van der Waals surface area contributed by atoms with Gasteiger partial charge in [-0.1, -0.05) is 13.8 Å². The molecule has 0 radical (unpaired) electrons. The molecular weight excluding hydrogens is 310 g/mol. The van der Waals surface area contributed by atoms with E-state index in [4.69, 9.17) is 4.74 Å². The molecule has 1 rings (SSSR count). The standard InChI is InChI=1S/C17H27N3O4/c1-11(2)10-19(7)13-9-15(14(20(22)23)8-12(13)3)24-16(21)18-17(4,5)6/h8-9,11H,10H2,1-7H3,(H,18,21). The summed E-state index contributed by atoms with van der Waals surface area (Å²) in [7, 11) is 1.91. The zero-order valence-electron chi connectivity index (χ0n) is 15.5. The molecule has 7 heteroatoms. The number of hydrogen-bond donors (Lipinski definition) is 1. The third-order valence-electron chi connectivity index (χ3n) is 3.20. The smallest absolute Gasteiger partial charge is 0.403 e. The van der Waals surface area contributed by atoms with Gasteiger partial charge in [-0.25, -0.2) is 4.79 Å². The quantitative estimate of drug-likeness (QED) is 0.651. The Hall–Kier alpha value is -2.31. The van der Waals surface area contributed by atoms with Crippen molar-refractivity contribution in [2.75, 3.05) is 18.5 Å². The number of nitro benzene ring substituents is 1. The Morgan fingerprint density at radius 3 is 2.42 bits per heavy atom. The highest BCUT2D eigenvalue weighted by molar-refractivity contribution is 5.74. The van der Waals surface area contributed by atoms with Crippen LogP contribution in [0.3, 0.4) is 0 Å². The van der Waals surface area contributed by atoms with Crippen LogP contribution in [0, 0.1) is 23.0 Å². The number of carbonyl (C=O) groups excluding carboxylic acids is 1. The predicted molar refractivity (Wildman–Crippen MR) is 94.9 cm³/mol. The van der Waals surface area contributed by atoms with Crippen molar-refractivity contribution in [3.8, 4) is 5.75 Å². The van der Waals surface area contributed by atoms with E-state index in [-0.39, 0.29) is 11.4 Å². The van der Waals surface area contributed by atoms with Crippen LogP contribution >= 0.6 is 0 Å². The average molecular weight is 337 g/mol. The summed E-state index contributed by atoms with van der Waals surface area (Å²) < 4.78 is 5.22. The van der Waals surface area contributed by atoms with E-state index < -0.39 is 16.6 Å². The van der Waals surface area contributed by atoms with Gasteiger partial charge in [0.15, 0.2) is 0 Å². The number of carbonyl (C=O) groups is 1. The lowest BCUT2D eigenvalue weighted by atomic mass is 10.1. The molecule has 24 heavy (non-hydrogen) atoms. The molecule has 0 heterocycles. The van der Waals surface area contributed by atoms with Crippen molar-refractivity contribution in [1.29, 1.82) is 0 Å². The molecule has 0 unspecified atom stereocenters. The van der Waals surface area contributed by atoms with E-state index in [9.17, 15) is 14.9 Å². The first-order valence-corrected chi connectivity index (χ1v) is 7.91. The summed E-state index contributed by atoms with van der Waals surface area (Å²) in [6.07, 6.45) is -0.716. The fraction of sp³-hybridized carbons (Fsp3) is 0.588. The molecule has 0 aliphatic carbocycles. The first kappa shape index (κ1) is 19.7. The second-order valence-corrected chi connectivity index (χ2v) is 7.40. The number of amides is 1. The number of nitrogens with zero attached hydrogens (tertiary/aromatic N) is 2. The number of ether oxygens (including phenoxy) is 1. The van der Waals surface area contributed by atoms with Gasteiger partial charge in [0.25, 0.3) is 0 Å². The van der Waals surface area contributed by atoms with Crippen LogP contribution in [0.5, 0.6) is 5.75 Å². The molecule has 0 saturated heterocycles. The molecule has 1 aromatic carbocycles. The van der Waals surface area contributed by atoms with Crippen LogP contribution in [0.1, 0.15) is 40.2 Å². The molecule has 1 aromatic rings. The number of anilines is 1. The maximum atomic E-state index is 12.0. The highest BCUT2D eigenvalue weighted by Crippen LogP contribution is 2.35. The number of benzene rings is 1. The molecule has 7 nitrogen and oxygen atoms in total. The van der Waals surface area contributed by atoms with Crippen molar-refractivity contribution in [1.82, 2.24) is 5.32 Å². The van der Waals surface area contributed by atoms with E-state index in [2.05, 4.69) is 19.2 Å². The molecule has 0 atom stereocenters. The first-order chi connectivity index (χ1) is 10.9. The van der Waals surface area contributed by atoms with Crippen molar-refractivity contribution in [2.24, 2.45) is 5.92 Å². The molecule has 1 amide bonds. The lowest BCUT2D eigenvalue weighted by Gasteiger charge is -2.24. The summed E-state index contributed by atoms with van der Waals surface area (Å²) in [4.78, 5) is 24.7. The van der Waals surface area contributed by atoms with Gasteiger partial charge >= 0.3 is 11.8 Å². The maximum Gasteiger partial charge on any atom is 0.413 e. The van der Waals surface area contributed by atoms with Crippen LogP contribution in [-0.2, 0) is 0 Å². The Kier molecular flexibility index (Phi) is 6.17. The minimum absolute atomic E-state index is 0.0574. The van der Waals surface area contributed by atoms with Crippen molar-refractivity contribution in [2.45, 2.75) is 47.1 Å². The molecule has 0 aromatic heterocycles. The SMILES string of the molecule is Cc1cc([N+](=O)[O-])c(OC(=O)NC(C)(C)C)cc1N(C)CC(C)C. The zero-order chi connectivity index (χ0) is 18.7. The second kappa shape index (κ2) is 7.51. The average Bonchev–Trinajstić information content (AvgIpc) is 2.36. The van der Waals surface area contributed by atoms with E-state index >= 15 is 0 Å². The summed E-state index contributed by atoms with van der Waals surface area (Å²) in [5.74, 6) is 0.371. The Labute approximate surface area is 143 Å². The number of nitro groups is 1. The summed E-state index contributed by atoms with van der Waals surface area (Å²) in [6, 6.07) is 2.99. The topological polar surface area (TPSA) is 84.7 Å². The summed E-state index contributed by atoms with van der Waals surface area (Å²) >= 11 is 0. The molecule has 0 aliphatic heterocycles. The second-order valence-electron chi connectivity index (χ2n) is 7.40. The summed E-state index contributed by atoms with van der Waals surface area (Å²) in [6.45, 7) is 12.2. The van der Waals surface area contributed by atoms with Crippen molar-refractivity contribution >= 4 is 17.5 Å². The minimum atomic E-state index is -0.716. The van der Waals surface area contributed by atoms with E-state index in [1.54, 1.807) is 33.8 Å². The number of hydrogen-bond acceptors (Lipinski definition) is 5. The summed E-state index contributed by atoms with van der Waals surface area (Å²) in [5, 5.41) is 13.9. The van der Waals surface area contributed by atoms with Crippen LogP contribution in [0.25, 0.3) is 0 Å². The lowest BCUT2D eigenvalue weighted by Crippen LogP contribution is -2.42. The largest absolute Gasteiger partial charge is 0.413 e. The first-order valence-electron chi connectivity index (χ1n) is 7.91. The Bertz CT molecular complexity index is 621. The van der Waals surface area contributed by atoms with Gasteiger partial charge in [-0.15, -0.1) is 0 Å². The Morgan fingerprint density at radius 1 is 1.38 bits per heavy atom. The van der Waals surface area contributed by atoms with E-state index in [1.165, 1.54) is 6.07 Å². The van der Waals surface area contributed by atoms with Gasteiger partial charge in [0.05, 0.1) is 4.92 Å². The molecule has 0 saturated carbocycles. The molecule has 0 aliphatic rings. The molecule has 1 N–H and O–H groups in total. The van der Waals surface area contributed by atoms with E-state index in [0.717, 1.165) is 17.8 Å². The zero-order valence-corrected chi connectivity index (χ0v) is 15.5. The van der Waals surface area contributed by atoms with Crippen molar-refractivity contribution in [3.63, 3.8) is 0 Å². The lowest BCUT2D eigenvalue weighted by molar-refractivity contribution is -0.385. The minimum Gasteiger partial charge on any atom is -0.403 e. The Balaban J connectivity index is 3.20. The van der Waals surface area contributed by atoms with Crippen LogP contribution in [0.15, 0.2) is 12.1 Å². The van der Waals surface area contributed by atoms with E-state index in [0.29, 0.717) is 5.92 Å². The van der Waals surface area contributed by atoms with Crippen LogP contribution < -0.4 is 15.0 Å². The van der Waals surface area contributed by atoms with Crippen LogP contribution in [-0.4, -0.2) is 30.1 Å². The normalized spacial score (nSPS) is 11.3. The summed E-state index contributed by atoms with van der Waals surface area (Å²) in [5.41, 5.74) is 0.841. The third-order valence-corrected chi connectivity index (χ3v) is 3.20. The van der Waals surface area contributed by atoms with Crippen molar-refractivity contribution in [3.05, 3.63) is 27.8 Å². The molecule has 0 spiro atoms. The number of rotatable bonds is 5. The highest BCUT2D eigenvalue weighted by atomic mass is 16.6. The van der Waals surface area contributed by atoms with Gasteiger partial charge in [0.1, 0.15) is 0 Å². The predicted octanol–water partition coefficient (Wildman–Crippen LogP) is 3.88. The van der Waals surface area contributed by atoms with Gasteiger partial charge < -0.3 is 15.0 Å². The molecular formula is C17H27N3O4. The maximum absolute atomic E-state index is 12.0. The number of aryl methyl sites for hydroxylation is 1. The fourth-order valence-corrected chi connectivity index (χ4v) is 2.38. The van der Waals surface area contributed by atoms with Gasteiger partial charge in [-0.05, 0) is 39.2 Å². The third kappa shape index (κ3) is 5.72. The molecule has 0 bridgehead atoms. The fourth-order valence-electron chi connectivity index (χ4n) is 2.38. The van der Waals surface area contributed by atoms with E-state index in [1.807, 2.05) is 11.9 Å². The van der Waals surface area contributed by atoms with Crippen LogP contribution in [0.2, 0.25) is 0 Å². The molecule has 134 valence electrons. The van der Waals surface area contributed by atoms with Crippen molar-refractivity contribution < 1.29 is 14.5 Å². The van der Waals surface area contributed by atoms with Gasteiger partial charge in [-0.2, -0.15) is 0 Å².